The highest BCUT2D eigenvalue weighted by molar-refractivity contribution is 7.16. The van der Waals surface area contributed by atoms with E-state index in [0.29, 0.717) is 21.5 Å². The van der Waals surface area contributed by atoms with Crippen molar-refractivity contribution < 1.29 is 14.3 Å². The molecule has 0 fully saturated rings. The van der Waals surface area contributed by atoms with Crippen molar-refractivity contribution in [3.8, 4) is 17.6 Å². The summed E-state index contributed by atoms with van der Waals surface area (Å²) in [5.74, 6) is 0.883. The van der Waals surface area contributed by atoms with Crippen LogP contribution in [0.4, 0.5) is 5.13 Å². The van der Waals surface area contributed by atoms with Crippen LogP contribution in [0, 0.1) is 11.3 Å². The van der Waals surface area contributed by atoms with E-state index in [4.69, 9.17) is 14.7 Å². The van der Waals surface area contributed by atoms with E-state index in [9.17, 15) is 4.79 Å². The summed E-state index contributed by atoms with van der Waals surface area (Å²) in [6.45, 7) is 0. The molecular formula is C15H13N3O3S. The van der Waals surface area contributed by atoms with Gasteiger partial charge >= 0.3 is 0 Å². The number of benzene rings is 1. The zero-order valence-corrected chi connectivity index (χ0v) is 12.8. The Morgan fingerprint density at radius 3 is 2.77 bits per heavy atom. The molecule has 0 radical (unpaired) electrons. The van der Waals surface area contributed by atoms with Crippen molar-refractivity contribution >= 4 is 28.5 Å². The number of methoxy groups -OCH3 is 2. The zero-order valence-electron chi connectivity index (χ0n) is 12.0. The van der Waals surface area contributed by atoms with Crippen LogP contribution in [0.2, 0.25) is 0 Å². The Bertz CT molecular complexity index is 747. The Labute approximate surface area is 131 Å². The van der Waals surface area contributed by atoms with Gasteiger partial charge in [-0.25, -0.2) is 4.98 Å². The fourth-order valence-electron chi connectivity index (χ4n) is 1.66. The van der Waals surface area contributed by atoms with Gasteiger partial charge in [-0.2, -0.15) is 5.26 Å². The molecule has 0 aliphatic carbocycles. The van der Waals surface area contributed by atoms with Crippen molar-refractivity contribution in [2.75, 3.05) is 19.5 Å². The second-order valence-corrected chi connectivity index (χ2v) is 5.11. The molecule has 1 heterocycles. The van der Waals surface area contributed by atoms with Crippen LogP contribution < -0.4 is 14.8 Å². The molecule has 2 rings (SSSR count). The molecule has 0 saturated heterocycles. The van der Waals surface area contributed by atoms with Gasteiger partial charge in [0.05, 0.1) is 20.4 Å². The summed E-state index contributed by atoms with van der Waals surface area (Å²) in [5, 5.41) is 11.7. The van der Waals surface area contributed by atoms with Crippen LogP contribution in [0.1, 0.15) is 10.4 Å². The highest BCUT2D eigenvalue weighted by Gasteiger charge is 2.05. The van der Waals surface area contributed by atoms with Crippen molar-refractivity contribution in [3.05, 3.63) is 40.9 Å². The monoisotopic (exact) mass is 315 g/mol. The highest BCUT2D eigenvalue weighted by atomic mass is 32.1. The zero-order chi connectivity index (χ0) is 15.9. The van der Waals surface area contributed by atoms with Gasteiger partial charge in [-0.05, 0) is 23.8 Å². The quantitative estimate of drug-likeness (QED) is 0.858. The number of nitrogens with zero attached hydrogens (tertiary/aromatic N) is 2. The fourth-order valence-corrected chi connectivity index (χ4v) is 2.28. The Kier molecular flexibility index (Phi) is 5.11. The number of hydrogen-bond acceptors (Lipinski definition) is 6. The first-order chi connectivity index (χ1) is 10.7. The van der Waals surface area contributed by atoms with E-state index in [0.717, 1.165) is 16.9 Å². The normalized spacial score (nSPS) is 10.2. The predicted octanol–water partition coefficient (Wildman–Crippen LogP) is 2.68. The average Bonchev–Trinajstić information content (AvgIpc) is 3.00. The second kappa shape index (κ2) is 7.24. The summed E-state index contributed by atoms with van der Waals surface area (Å²) < 4.78 is 10.3. The molecule has 0 atom stereocenters. The fraction of sp³-hybridized carbons (Fsp3) is 0.133. The number of rotatable bonds is 5. The van der Waals surface area contributed by atoms with Crippen molar-refractivity contribution in [2.24, 2.45) is 0 Å². The van der Waals surface area contributed by atoms with Gasteiger partial charge in [0.2, 0.25) is 5.91 Å². The topological polar surface area (TPSA) is 84.2 Å². The van der Waals surface area contributed by atoms with Gasteiger partial charge in [0.15, 0.2) is 16.6 Å². The number of ether oxygens (including phenoxy) is 2. The molecular weight excluding hydrogens is 302 g/mol. The number of carbonyl (C=O) groups is 1. The molecule has 112 valence electrons. The molecule has 0 bridgehead atoms. The van der Waals surface area contributed by atoms with E-state index in [1.807, 2.05) is 12.1 Å². The SMILES string of the molecule is COc1ccc(/C=C/C(=O)Nc2ncc(C#N)s2)cc1OC. The maximum Gasteiger partial charge on any atom is 0.250 e. The maximum absolute atomic E-state index is 11.8. The smallest absolute Gasteiger partial charge is 0.250 e. The molecule has 0 aliphatic rings. The van der Waals surface area contributed by atoms with Crippen LogP contribution in [-0.4, -0.2) is 25.1 Å². The van der Waals surface area contributed by atoms with E-state index in [-0.39, 0.29) is 5.91 Å². The first kappa shape index (κ1) is 15.5. The van der Waals surface area contributed by atoms with Gasteiger partial charge in [-0.1, -0.05) is 17.4 Å². The summed E-state index contributed by atoms with van der Waals surface area (Å²) in [6, 6.07) is 7.29. The lowest BCUT2D eigenvalue weighted by Gasteiger charge is -2.07. The molecule has 1 aromatic carbocycles. The lowest BCUT2D eigenvalue weighted by molar-refractivity contribution is -0.111. The van der Waals surface area contributed by atoms with Crippen LogP contribution in [0.5, 0.6) is 11.5 Å². The number of thiazole rings is 1. The van der Waals surface area contributed by atoms with Crippen LogP contribution in [0.3, 0.4) is 0 Å². The Morgan fingerprint density at radius 2 is 2.14 bits per heavy atom. The first-order valence-corrected chi connectivity index (χ1v) is 7.05. The van der Waals surface area contributed by atoms with Crippen molar-refractivity contribution in [2.45, 2.75) is 0 Å². The molecule has 0 spiro atoms. The van der Waals surface area contributed by atoms with E-state index >= 15 is 0 Å². The molecule has 6 nitrogen and oxygen atoms in total. The van der Waals surface area contributed by atoms with Gasteiger partial charge in [0, 0.05) is 6.08 Å². The van der Waals surface area contributed by atoms with Crippen LogP contribution in [0.15, 0.2) is 30.5 Å². The molecule has 0 saturated carbocycles. The second-order valence-electron chi connectivity index (χ2n) is 4.08. The minimum Gasteiger partial charge on any atom is -0.493 e. The van der Waals surface area contributed by atoms with E-state index in [1.54, 1.807) is 32.4 Å². The van der Waals surface area contributed by atoms with Crippen LogP contribution in [0.25, 0.3) is 6.08 Å². The maximum atomic E-state index is 11.8. The number of carbonyl (C=O) groups excluding carboxylic acids is 1. The molecule has 1 N–H and O–H groups in total. The summed E-state index contributed by atoms with van der Waals surface area (Å²) in [7, 11) is 3.11. The summed E-state index contributed by atoms with van der Waals surface area (Å²) in [5.41, 5.74) is 0.796. The van der Waals surface area contributed by atoms with Gasteiger partial charge in [0.25, 0.3) is 0 Å². The first-order valence-electron chi connectivity index (χ1n) is 6.23. The lowest BCUT2D eigenvalue weighted by Crippen LogP contribution is -2.07. The molecule has 0 aliphatic heterocycles. The third-order valence-electron chi connectivity index (χ3n) is 2.68. The number of nitrogens with one attached hydrogen (secondary N) is 1. The summed E-state index contributed by atoms with van der Waals surface area (Å²) in [6.07, 6.45) is 4.45. The standard InChI is InChI=1S/C15H13N3O3S/c1-20-12-5-3-10(7-13(12)21-2)4-6-14(19)18-15-17-9-11(8-16)22-15/h3-7,9H,1-2H3,(H,17,18,19)/b6-4+. The largest absolute Gasteiger partial charge is 0.493 e. The van der Waals surface area contributed by atoms with E-state index in [1.165, 1.54) is 12.3 Å². The van der Waals surface area contributed by atoms with Gasteiger partial charge in [0.1, 0.15) is 10.9 Å². The number of nitriles is 1. The molecule has 2 aromatic rings. The number of hydrogen-bond donors (Lipinski definition) is 1. The number of anilines is 1. The summed E-state index contributed by atoms with van der Waals surface area (Å²) >= 11 is 1.12. The van der Waals surface area contributed by atoms with Crippen molar-refractivity contribution in [1.29, 1.82) is 5.26 Å². The molecule has 1 aromatic heterocycles. The number of aromatic nitrogens is 1. The van der Waals surface area contributed by atoms with E-state index in [2.05, 4.69) is 10.3 Å². The summed E-state index contributed by atoms with van der Waals surface area (Å²) in [4.78, 5) is 16.2. The highest BCUT2D eigenvalue weighted by Crippen LogP contribution is 2.28. The van der Waals surface area contributed by atoms with Gasteiger partial charge in [-0.3, -0.25) is 10.1 Å². The van der Waals surface area contributed by atoms with E-state index < -0.39 is 0 Å². The molecule has 0 unspecified atom stereocenters. The Balaban J connectivity index is 2.04. The average molecular weight is 315 g/mol. The number of amides is 1. The van der Waals surface area contributed by atoms with Gasteiger partial charge < -0.3 is 9.47 Å². The molecule has 7 heteroatoms. The van der Waals surface area contributed by atoms with Crippen molar-refractivity contribution in [1.82, 2.24) is 4.98 Å². The molecule has 1 amide bonds. The predicted molar refractivity (Wildman–Crippen MR) is 84.0 cm³/mol. The minimum absolute atomic E-state index is 0.325. The molecule has 22 heavy (non-hydrogen) atoms. The Hall–Kier alpha value is -2.85. The van der Waals surface area contributed by atoms with Crippen LogP contribution in [-0.2, 0) is 4.79 Å². The lowest BCUT2D eigenvalue weighted by atomic mass is 10.2. The van der Waals surface area contributed by atoms with Gasteiger partial charge in [-0.15, -0.1) is 0 Å². The third kappa shape index (κ3) is 3.84. The minimum atomic E-state index is -0.325. The Morgan fingerprint density at radius 1 is 1.36 bits per heavy atom. The van der Waals surface area contributed by atoms with Crippen molar-refractivity contribution in [3.63, 3.8) is 0 Å². The van der Waals surface area contributed by atoms with Crippen LogP contribution >= 0.6 is 11.3 Å². The third-order valence-corrected chi connectivity index (χ3v) is 3.50.